The molecule has 2 aliphatic heterocycles. The average molecular weight is 282 g/mol. The van der Waals surface area contributed by atoms with Crippen LogP contribution in [0.5, 0.6) is 0 Å². The summed E-state index contributed by atoms with van der Waals surface area (Å²) in [5, 5.41) is 6.95. The van der Waals surface area contributed by atoms with Crippen LogP contribution >= 0.6 is 0 Å². The molecule has 0 saturated carbocycles. The summed E-state index contributed by atoms with van der Waals surface area (Å²) in [6.07, 6.45) is 9.41. The Morgan fingerprint density at radius 2 is 2.05 bits per heavy atom. The molecule has 4 rings (SSSR count). The van der Waals surface area contributed by atoms with Gasteiger partial charge >= 0.3 is 5.97 Å². The van der Waals surface area contributed by atoms with Crippen LogP contribution in [0.3, 0.4) is 0 Å². The molecule has 1 saturated heterocycles. The average Bonchev–Trinajstić information content (AvgIpc) is 3.19. The Balaban J connectivity index is 1.81. The van der Waals surface area contributed by atoms with Gasteiger partial charge in [0.1, 0.15) is 6.04 Å². The van der Waals surface area contributed by atoms with E-state index in [1.165, 1.54) is 12.7 Å². The number of ether oxygens (including phenoxy) is 1. The highest BCUT2D eigenvalue weighted by Gasteiger charge is 2.58. The van der Waals surface area contributed by atoms with Crippen molar-refractivity contribution in [2.45, 2.75) is 24.0 Å². The Morgan fingerprint density at radius 1 is 1.29 bits per heavy atom. The van der Waals surface area contributed by atoms with Crippen LogP contribution in [0, 0.1) is 5.92 Å². The Labute approximate surface area is 123 Å². The molecule has 4 heteroatoms. The van der Waals surface area contributed by atoms with Crippen molar-refractivity contribution in [3.8, 4) is 0 Å². The number of anilines is 1. The molecular weight excluding hydrogens is 264 g/mol. The molecule has 2 heterocycles. The van der Waals surface area contributed by atoms with E-state index in [1.54, 1.807) is 0 Å². The second-order valence-corrected chi connectivity index (χ2v) is 5.91. The van der Waals surface area contributed by atoms with E-state index in [4.69, 9.17) is 4.74 Å². The van der Waals surface area contributed by atoms with Crippen molar-refractivity contribution in [2.75, 3.05) is 12.4 Å². The van der Waals surface area contributed by atoms with Gasteiger partial charge in [-0.25, -0.2) is 0 Å². The van der Waals surface area contributed by atoms with E-state index in [1.807, 2.05) is 6.07 Å². The summed E-state index contributed by atoms with van der Waals surface area (Å²) in [5.41, 5.74) is 2.32. The van der Waals surface area contributed by atoms with E-state index in [-0.39, 0.29) is 23.6 Å². The number of benzene rings is 1. The van der Waals surface area contributed by atoms with Crippen molar-refractivity contribution in [2.24, 2.45) is 5.92 Å². The summed E-state index contributed by atoms with van der Waals surface area (Å²) >= 11 is 0. The highest BCUT2D eigenvalue weighted by atomic mass is 16.5. The van der Waals surface area contributed by atoms with Gasteiger partial charge in [0.2, 0.25) is 0 Å². The van der Waals surface area contributed by atoms with Gasteiger partial charge in [-0.3, -0.25) is 10.1 Å². The molecule has 2 N–H and O–H groups in total. The van der Waals surface area contributed by atoms with Crippen LogP contribution in [0.1, 0.15) is 12.0 Å². The molecule has 0 amide bonds. The zero-order chi connectivity index (χ0) is 14.4. The molecule has 4 nitrogen and oxygen atoms in total. The fourth-order valence-electron chi connectivity index (χ4n) is 4.05. The lowest BCUT2D eigenvalue weighted by molar-refractivity contribution is -0.142. The maximum absolute atomic E-state index is 12.0. The number of para-hydroxylation sites is 1. The summed E-state index contributed by atoms with van der Waals surface area (Å²) < 4.78 is 4.93. The largest absolute Gasteiger partial charge is 0.468 e. The van der Waals surface area contributed by atoms with Crippen LogP contribution in [0.15, 0.2) is 48.6 Å². The van der Waals surface area contributed by atoms with Crippen molar-refractivity contribution in [3.05, 3.63) is 54.1 Å². The Morgan fingerprint density at radius 3 is 2.81 bits per heavy atom. The van der Waals surface area contributed by atoms with Gasteiger partial charge in [0.05, 0.1) is 13.3 Å². The topological polar surface area (TPSA) is 50.4 Å². The second-order valence-electron chi connectivity index (χ2n) is 5.91. The maximum Gasteiger partial charge on any atom is 0.322 e. The summed E-state index contributed by atoms with van der Waals surface area (Å²) in [6, 6.07) is 8.12. The standard InChI is InChI=1S/C17H18N2O2/c1-21-15(20)14-10-17(11-6-2-3-7-11)12-8-4-5-9-13(12)18-16(17)19-14/h2-9,11,14,16,18-19H,10H2,1H3/t14-,16+,17-/m1/s1. The van der Waals surface area contributed by atoms with Crippen LogP contribution < -0.4 is 10.6 Å². The van der Waals surface area contributed by atoms with E-state index in [0.29, 0.717) is 5.92 Å². The second kappa shape index (κ2) is 4.46. The van der Waals surface area contributed by atoms with Crippen LogP contribution in [0.25, 0.3) is 0 Å². The summed E-state index contributed by atoms with van der Waals surface area (Å²) in [4.78, 5) is 12.0. The number of hydrogen-bond donors (Lipinski definition) is 2. The molecule has 21 heavy (non-hydrogen) atoms. The molecule has 3 atom stereocenters. The third-order valence-corrected chi connectivity index (χ3v) is 4.98. The molecule has 0 radical (unpaired) electrons. The van der Waals surface area contributed by atoms with Gasteiger partial charge in [-0.15, -0.1) is 0 Å². The third-order valence-electron chi connectivity index (χ3n) is 4.98. The van der Waals surface area contributed by atoms with Gasteiger partial charge in [0.25, 0.3) is 0 Å². The van der Waals surface area contributed by atoms with E-state index >= 15 is 0 Å². The first-order valence-electron chi connectivity index (χ1n) is 7.30. The highest BCUT2D eigenvalue weighted by molar-refractivity contribution is 5.78. The van der Waals surface area contributed by atoms with E-state index in [0.717, 1.165) is 12.1 Å². The Bertz CT molecular complexity index is 640. The normalized spacial score (nSPS) is 32.8. The molecule has 0 aromatic heterocycles. The number of rotatable bonds is 2. The number of nitrogens with one attached hydrogen (secondary N) is 2. The minimum absolute atomic E-state index is 0.0522. The van der Waals surface area contributed by atoms with E-state index in [9.17, 15) is 4.79 Å². The first-order valence-corrected chi connectivity index (χ1v) is 7.30. The number of hydrogen-bond acceptors (Lipinski definition) is 4. The minimum Gasteiger partial charge on any atom is -0.468 e. The predicted molar refractivity (Wildman–Crippen MR) is 80.9 cm³/mol. The van der Waals surface area contributed by atoms with Crippen molar-refractivity contribution >= 4 is 11.7 Å². The highest BCUT2D eigenvalue weighted by Crippen LogP contribution is 2.53. The van der Waals surface area contributed by atoms with Gasteiger partial charge < -0.3 is 10.1 Å². The SMILES string of the molecule is COC(=O)[C@H]1C[C@@]2(C3C=CC=C3)c3ccccc3N[C@H]2N1. The lowest BCUT2D eigenvalue weighted by Crippen LogP contribution is -2.45. The van der Waals surface area contributed by atoms with Gasteiger partial charge in [-0.2, -0.15) is 0 Å². The van der Waals surface area contributed by atoms with E-state index < -0.39 is 0 Å². The summed E-state index contributed by atoms with van der Waals surface area (Å²) in [6.45, 7) is 0. The smallest absolute Gasteiger partial charge is 0.322 e. The number of allylic oxidation sites excluding steroid dienone is 4. The minimum atomic E-state index is -0.261. The monoisotopic (exact) mass is 282 g/mol. The van der Waals surface area contributed by atoms with Crippen LogP contribution in [0.4, 0.5) is 5.69 Å². The van der Waals surface area contributed by atoms with Gasteiger partial charge in [0, 0.05) is 17.0 Å². The molecule has 1 aromatic carbocycles. The summed E-state index contributed by atoms with van der Waals surface area (Å²) in [5.74, 6) is 0.106. The molecular formula is C17H18N2O2. The molecule has 0 spiro atoms. The molecule has 1 aromatic rings. The van der Waals surface area contributed by atoms with Gasteiger partial charge in [-0.1, -0.05) is 42.5 Å². The number of carbonyl (C=O) groups excluding carboxylic acids is 1. The maximum atomic E-state index is 12.0. The third kappa shape index (κ3) is 1.62. The van der Waals surface area contributed by atoms with Crippen LogP contribution in [-0.2, 0) is 14.9 Å². The lowest BCUT2D eigenvalue weighted by Gasteiger charge is -2.33. The first-order chi connectivity index (χ1) is 10.3. The molecule has 3 aliphatic rings. The first kappa shape index (κ1) is 12.7. The van der Waals surface area contributed by atoms with Crippen LogP contribution in [-0.4, -0.2) is 25.3 Å². The number of esters is 1. The quantitative estimate of drug-likeness (QED) is 0.814. The van der Waals surface area contributed by atoms with Crippen molar-refractivity contribution in [1.29, 1.82) is 0 Å². The van der Waals surface area contributed by atoms with Crippen molar-refractivity contribution < 1.29 is 9.53 Å². The van der Waals surface area contributed by atoms with E-state index in [2.05, 4.69) is 53.1 Å². The molecule has 0 bridgehead atoms. The molecule has 0 unspecified atom stereocenters. The molecule has 1 aliphatic carbocycles. The lowest BCUT2D eigenvalue weighted by atomic mass is 9.69. The van der Waals surface area contributed by atoms with Gasteiger partial charge in [-0.05, 0) is 18.1 Å². The fourth-order valence-corrected chi connectivity index (χ4v) is 4.05. The number of carbonyl (C=O) groups is 1. The predicted octanol–water partition coefficient (Wildman–Crippen LogP) is 1.95. The van der Waals surface area contributed by atoms with Crippen molar-refractivity contribution in [3.63, 3.8) is 0 Å². The summed E-state index contributed by atoms with van der Waals surface area (Å²) in [7, 11) is 1.45. The van der Waals surface area contributed by atoms with Gasteiger partial charge in [0.15, 0.2) is 0 Å². The molecule has 108 valence electrons. The van der Waals surface area contributed by atoms with Crippen molar-refractivity contribution in [1.82, 2.24) is 5.32 Å². The van der Waals surface area contributed by atoms with Crippen LogP contribution in [0.2, 0.25) is 0 Å². The Hall–Kier alpha value is -2.07. The number of methoxy groups -OCH3 is 1. The number of fused-ring (bicyclic) bond motifs is 3. The fraction of sp³-hybridized carbons (Fsp3) is 0.353. The molecule has 1 fully saturated rings. The zero-order valence-electron chi connectivity index (χ0n) is 11.9. The Kier molecular flexibility index (Phi) is 2.69. The zero-order valence-corrected chi connectivity index (χ0v) is 11.9.